The number of ether oxygens (including phenoxy) is 1. The maximum atomic E-state index is 12.0. The molecule has 2 aromatic rings. The van der Waals surface area contributed by atoms with Crippen molar-refractivity contribution >= 4 is 17.5 Å². The van der Waals surface area contributed by atoms with Crippen molar-refractivity contribution in [2.75, 3.05) is 12.4 Å². The Morgan fingerprint density at radius 2 is 1.92 bits per heavy atom. The number of amides is 2. The smallest absolute Gasteiger partial charge is 0.270 e. The summed E-state index contributed by atoms with van der Waals surface area (Å²) >= 11 is 0. The van der Waals surface area contributed by atoms with Crippen molar-refractivity contribution in [1.29, 1.82) is 5.26 Å². The largest absolute Gasteiger partial charge is 0.497 e. The maximum Gasteiger partial charge on any atom is 0.270 e. The van der Waals surface area contributed by atoms with Gasteiger partial charge in [-0.15, -0.1) is 0 Å². The molecular weight excluding hydrogens is 318 g/mol. The molecule has 6 nitrogen and oxygen atoms in total. The van der Waals surface area contributed by atoms with Crippen LogP contribution in [0.1, 0.15) is 5.56 Å². The highest BCUT2D eigenvalue weighted by Gasteiger charge is 2.13. The van der Waals surface area contributed by atoms with Crippen LogP contribution in [0.25, 0.3) is 0 Å². The third-order valence-electron chi connectivity index (χ3n) is 3.28. The monoisotopic (exact) mass is 335 g/mol. The van der Waals surface area contributed by atoms with E-state index in [1.54, 1.807) is 49.6 Å². The van der Waals surface area contributed by atoms with E-state index in [4.69, 9.17) is 10.00 Å². The minimum atomic E-state index is -0.751. The molecule has 0 atom stereocenters. The lowest BCUT2D eigenvalue weighted by molar-refractivity contribution is -0.127. The number of hydrogen-bond donors (Lipinski definition) is 2. The van der Waals surface area contributed by atoms with Crippen LogP contribution >= 0.6 is 0 Å². The molecule has 2 aromatic carbocycles. The predicted molar refractivity (Wildman–Crippen MR) is 93.6 cm³/mol. The van der Waals surface area contributed by atoms with E-state index in [0.29, 0.717) is 11.4 Å². The second-order valence-corrected chi connectivity index (χ2v) is 5.09. The Labute approximate surface area is 145 Å². The fourth-order valence-corrected chi connectivity index (χ4v) is 2.04. The number of nitrogens with zero attached hydrogens (tertiary/aromatic N) is 1. The van der Waals surface area contributed by atoms with E-state index in [-0.39, 0.29) is 12.0 Å². The molecule has 2 rings (SSSR count). The topological polar surface area (TPSA) is 91.2 Å². The molecular formula is C19H17N3O3. The van der Waals surface area contributed by atoms with E-state index in [1.807, 2.05) is 18.2 Å². The average molecular weight is 335 g/mol. The molecule has 0 heterocycles. The highest BCUT2D eigenvalue weighted by atomic mass is 16.5. The summed E-state index contributed by atoms with van der Waals surface area (Å²) in [6.45, 7) is 0. The highest BCUT2D eigenvalue weighted by molar-refractivity contribution is 6.07. The lowest BCUT2D eigenvalue weighted by Gasteiger charge is -2.06. The number of carbonyl (C=O) groups is 2. The SMILES string of the molecule is COc1cccc(NC=C(C#N)C(=O)NC(=O)Cc2ccccc2)c1. The zero-order chi connectivity index (χ0) is 18.1. The molecule has 0 radical (unpaired) electrons. The van der Waals surface area contributed by atoms with Gasteiger partial charge < -0.3 is 10.1 Å². The number of benzene rings is 2. The molecule has 0 aliphatic rings. The van der Waals surface area contributed by atoms with E-state index in [0.717, 1.165) is 5.56 Å². The van der Waals surface area contributed by atoms with Crippen LogP contribution in [0, 0.1) is 11.3 Å². The van der Waals surface area contributed by atoms with E-state index >= 15 is 0 Å². The quantitative estimate of drug-likeness (QED) is 0.625. The normalized spacial score (nSPS) is 10.5. The zero-order valence-corrected chi connectivity index (χ0v) is 13.7. The van der Waals surface area contributed by atoms with Gasteiger partial charge in [-0.25, -0.2) is 0 Å². The van der Waals surface area contributed by atoms with Crippen molar-refractivity contribution in [3.05, 3.63) is 71.9 Å². The molecule has 2 amide bonds. The van der Waals surface area contributed by atoms with Gasteiger partial charge in [0.1, 0.15) is 17.4 Å². The van der Waals surface area contributed by atoms with Crippen molar-refractivity contribution < 1.29 is 14.3 Å². The van der Waals surface area contributed by atoms with Gasteiger partial charge in [0.25, 0.3) is 5.91 Å². The average Bonchev–Trinajstić information content (AvgIpc) is 2.63. The molecule has 0 aliphatic heterocycles. The van der Waals surface area contributed by atoms with Gasteiger partial charge in [0, 0.05) is 18.0 Å². The summed E-state index contributed by atoms with van der Waals surface area (Å²) in [5.41, 5.74) is 1.23. The van der Waals surface area contributed by atoms with Gasteiger partial charge >= 0.3 is 0 Å². The van der Waals surface area contributed by atoms with Crippen molar-refractivity contribution in [3.63, 3.8) is 0 Å². The van der Waals surface area contributed by atoms with Crippen LogP contribution in [-0.4, -0.2) is 18.9 Å². The number of rotatable bonds is 6. The van der Waals surface area contributed by atoms with Crippen LogP contribution in [0.2, 0.25) is 0 Å². The van der Waals surface area contributed by atoms with Crippen molar-refractivity contribution in [3.8, 4) is 11.8 Å². The van der Waals surface area contributed by atoms with Crippen LogP contribution in [0.15, 0.2) is 66.4 Å². The molecule has 0 unspecified atom stereocenters. The van der Waals surface area contributed by atoms with Crippen molar-refractivity contribution in [2.45, 2.75) is 6.42 Å². The third-order valence-corrected chi connectivity index (χ3v) is 3.28. The summed E-state index contributed by atoms with van der Waals surface area (Å²) in [5, 5.41) is 14.2. The Hall–Kier alpha value is -3.59. The van der Waals surface area contributed by atoms with Gasteiger partial charge in [-0.2, -0.15) is 5.26 Å². The molecule has 25 heavy (non-hydrogen) atoms. The number of imide groups is 1. The number of nitrogens with one attached hydrogen (secondary N) is 2. The van der Waals surface area contributed by atoms with Gasteiger partial charge in [-0.1, -0.05) is 36.4 Å². The first-order chi connectivity index (χ1) is 12.1. The molecule has 0 spiro atoms. The Kier molecular flexibility index (Phi) is 6.32. The fraction of sp³-hybridized carbons (Fsp3) is 0.105. The van der Waals surface area contributed by atoms with E-state index in [2.05, 4.69) is 10.6 Å². The molecule has 0 aromatic heterocycles. The predicted octanol–water partition coefficient (Wildman–Crippen LogP) is 2.40. The number of carbonyl (C=O) groups excluding carboxylic acids is 2. The fourth-order valence-electron chi connectivity index (χ4n) is 2.04. The van der Waals surface area contributed by atoms with E-state index in [9.17, 15) is 9.59 Å². The Bertz CT molecular complexity index is 823. The van der Waals surface area contributed by atoms with E-state index in [1.165, 1.54) is 6.20 Å². The summed E-state index contributed by atoms with van der Waals surface area (Å²) in [4.78, 5) is 23.9. The summed E-state index contributed by atoms with van der Waals surface area (Å²) in [7, 11) is 1.54. The maximum absolute atomic E-state index is 12.0. The lowest BCUT2D eigenvalue weighted by Crippen LogP contribution is -2.32. The highest BCUT2D eigenvalue weighted by Crippen LogP contribution is 2.16. The first-order valence-electron chi connectivity index (χ1n) is 7.51. The van der Waals surface area contributed by atoms with Crippen LogP contribution in [0.4, 0.5) is 5.69 Å². The number of nitriles is 1. The molecule has 6 heteroatoms. The second-order valence-electron chi connectivity index (χ2n) is 5.09. The molecule has 0 aliphatic carbocycles. The summed E-state index contributed by atoms with van der Waals surface area (Å²) in [5.74, 6) is -0.586. The van der Waals surface area contributed by atoms with Gasteiger partial charge in [0.05, 0.1) is 13.5 Å². The lowest BCUT2D eigenvalue weighted by atomic mass is 10.1. The Balaban J connectivity index is 1.97. The number of methoxy groups -OCH3 is 1. The molecule has 0 saturated heterocycles. The zero-order valence-electron chi connectivity index (χ0n) is 13.7. The number of anilines is 1. The van der Waals surface area contributed by atoms with Crippen molar-refractivity contribution in [2.24, 2.45) is 0 Å². The van der Waals surface area contributed by atoms with Crippen LogP contribution in [0.3, 0.4) is 0 Å². The molecule has 2 N–H and O–H groups in total. The van der Waals surface area contributed by atoms with Gasteiger partial charge in [0.2, 0.25) is 5.91 Å². The Morgan fingerprint density at radius 1 is 1.16 bits per heavy atom. The van der Waals surface area contributed by atoms with Gasteiger partial charge in [0.15, 0.2) is 0 Å². The standard InChI is InChI=1S/C19H17N3O3/c1-25-17-9-5-8-16(11-17)21-13-15(12-20)19(24)22-18(23)10-14-6-3-2-4-7-14/h2-9,11,13,21H,10H2,1H3,(H,22,23,24). The van der Waals surface area contributed by atoms with Gasteiger partial charge in [-0.3, -0.25) is 14.9 Å². The minimum Gasteiger partial charge on any atom is -0.497 e. The first kappa shape index (κ1) is 17.8. The minimum absolute atomic E-state index is 0.0641. The van der Waals surface area contributed by atoms with Gasteiger partial charge in [-0.05, 0) is 17.7 Å². The summed E-state index contributed by atoms with van der Waals surface area (Å²) < 4.78 is 5.10. The summed E-state index contributed by atoms with van der Waals surface area (Å²) in [6.07, 6.45) is 1.31. The van der Waals surface area contributed by atoms with Crippen LogP contribution in [-0.2, 0) is 16.0 Å². The number of hydrogen-bond acceptors (Lipinski definition) is 5. The molecule has 0 fully saturated rings. The first-order valence-corrected chi connectivity index (χ1v) is 7.51. The molecule has 126 valence electrons. The van der Waals surface area contributed by atoms with Crippen molar-refractivity contribution in [1.82, 2.24) is 5.32 Å². The third kappa shape index (κ3) is 5.52. The van der Waals surface area contributed by atoms with Crippen LogP contribution in [0.5, 0.6) is 5.75 Å². The summed E-state index contributed by atoms with van der Waals surface area (Å²) in [6, 6.07) is 17.8. The molecule has 0 bridgehead atoms. The molecule has 0 saturated carbocycles. The second kappa shape index (κ2) is 8.89. The van der Waals surface area contributed by atoms with E-state index < -0.39 is 11.8 Å². The Morgan fingerprint density at radius 3 is 2.60 bits per heavy atom. The van der Waals surface area contributed by atoms with Crippen LogP contribution < -0.4 is 15.4 Å².